The highest BCUT2D eigenvalue weighted by Crippen LogP contribution is 2.00. The number of carbonyl (C=O) groups is 10. The Labute approximate surface area is 616 Å². The van der Waals surface area contributed by atoms with Crippen molar-refractivity contribution in [3.63, 3.8) is 0 Å². The molecule has 0 bridgehead atoms. The molecule has 0 fully saturated rings. The van der Waals surface area contributed by atoms with Gasteiger partial charge in [0.2, 0.25) is 0 Å². The highest BCUT2D eigenvalue weighted by Gasteiger charge is 2.17. The molecule has 4 heterocycles. The average Bonchev–Trinajstić information content (AvgIpc) is 1.82. The number of nitrogens with one attached hydrogen (secondary N) is 12. The molecule has 4 aromatic rings. The Hall–Kier alpha value is -11.1. The van der Waals surface area contributed by atoms with Crippen LogP contribution >= 0.6 is 25.3 Å². The van der Waals surface area contributed by atoms with Gasteiger partial charge >= 0.3 is 59.7 Å². The van der Waals surface area contributed by atoms with Crippen molar-refractivity contribution in [2.24, 2.45) is 80.3 Å². The van der Waals surface area contributed by atoms with Crippen LogP contribution in [0, 0.1) is 21.6 Å². The zero-order valence-corrected chi connectivity index (χ0v) is 59.2. The second-order valence-corrected chi connectivity index (χ2v) is 21.5. The lowest BCUT2D eigenvalue weighted by Gasteiger charge is -2.06. The van der Waals surface area contributed by atoms with Crippen LogP contribution < -0.4 is 102 Å². The van der Waals surface area contributed by atoms with Gasteiger partial charge in [-0.25, -0.2) is 19.9 Å². The predicted molar refractivity (Wildman–Crippen MR) is 390 cm³/mol. The van der Waals surface area contributed by atoms with Crippen molar-refractivity contribution < 1.29 is 99.0 Å². The highest BCUT2D eigenvalue weighted by molar-refractivity contribution is 7.80. The van der Waals surface area contributed by atoms with Gasteiger partial charge in [0.05, 0.1) is 48.1 Å². The molecule has 10 atom stereocenters. The van der Waals surface area contributed by atoms with E-state index in [0.29, 0.717) is 100 Å². The summed E-state index contributed by atoms with van der Waals surface area (Å²) in [6.07, 6.45) is 17.4. The van der Waals surface area contributed by atoms with Gasteiger partial charge in [0, 0.05) is 88.2 Å². The van der Waals surface area contributed by atoms with Gasteiger partial charge in [0.1, 0.15) is 60.4 Å². The number of guanidine groups is 4. The summed E-state index contributed by atoms with van der Waals surface area (Å²) in [7, 11) is 0. The van der Waals surface area contributed by atoms with E-state index in [9.17, 15) is 47.9 Å². The van der Waals surface area contributed by atoms with Gasteiger partial charge in [0.25, 0.3) is 0 Å². The predicted octanol–water partition coefficient (Wildman–Crippen LogP) is -9.24. The Morgan fingerprint density at radius 3 is 0.557 bits per heavy atom. The van der Waals surface area contributed by atoms with Crippen LogP contribution in [0.15, 0.2) is 50.1 Å². The third-order valence-corrected chi connectivity index (χ3v) is 12.3. The molecule has 604 valence electrons. The Bertz CT molecular complexity index is 2690. The fraction of sp³-hybridized carbons (Fsp3) is 0.519. The molecule has 0 spiro atoms. The molecule has 0 saturated carbocycles. The molecule has 0 aromatic carbocycles. The van der Waals surface area contributed by atoms with Crippen LogP contribution in [-0.4, -0.2) is 273 Å². The molecule has 4 rings (SSSR count). The van der Waals surface area contributed by atoms with Crippen LogP contribution in [0.3, 0.4) is 0 Å². The lowest BCUT2D eigenvalue weighted by molar-refractivity contribution is -0.139. The molecule has 4 aromatic heterocycles. The van der Waals surface area contributed by atoms with E-state index in [1.807, 2.05) is 0 Å². The number of H-pyrrole nitrogens is 4. The summed E-state index contributed by atoms with van der Waals surface area (Å²) in [4.78, 5) is 128. The third kappa shape index (κ3) is 71.3. The minimum absolute atomic E-state index is 0.112. The first kappa shape index (κ1) is 106. The summed E-state index contributed by atoms with van der Waals surface area (Å²) < 4.78 is 0. The molecule has 50 N–H and O–H groups in total. The minimum Gasteiger partial charge on any atom is -0.480 e. The van der Waals surface area contributed by atoms with E-state index in [0.717, 1.165) is 0 Å². The fourth-order valence-electron chi connectivity index (χ4n) is 5.69. The van der Waals surface area contributed by atoms with Gasteiger partial charge < -0.3 is 173 Å². The summed E-state index contributed by atoms with van der Waals surface area (Å²) in [5.74, 6) is -10.1. The van der Waals surface area contributed by atoms with Gasteiger partial charge in [0.15, 0.2) is 23.8 Å². The third-order valence-electron chi connectivity index (χ3n) is 11.5. The van der Waals surface area contributed by atoms with Crippen molar-refractivity contribution in [1.82, 2.24) is 61.1 Å². The summed E-state index contributed by atoms with van der Waals surface area (Å²) >= 11 is 7.30. The topological polar surface area (TPSA) is 996 Å². The first-order chi connectivity index (χ1) is 49.3. The number of thiol groups is 2. The number of imidazole rings is 4. The molecular weight excluding hydrogens is 1450 g/mol. The maximum atomic E-state index is 10.3. The van der Waals surface area contributed by atoms with Crippen LogP contribution in [-0.2, 0) is 73.6 Å². The zero-order chi connectivity index (χ0) is 83.0. The number of nitrogens with zero attached hydrogens (tertiary/aromatic N) is 4. The number of hydrogen-bond acceptors (Lipinski definition) is 30. The Morgan fingerprint density at radius 1 is 0.311 bits per heavy atom. The Kier molecular flexibility index (Phi) is 65.8. The summed E-state index contributed by atoms with van der Waals surface area (Å²) in [5, 5.41) is 121. The van der Waals surface area contributed by atoms with Gasteiger partial charge in [-0.05, 0) is 51.4 Å². The maximum absolute atomic E-state index is 10.3. The quantitative estimate of drug-likeness (QED) is 0.00870. The van der Waals surface area contributed by atoms with Gasteiger partial charge in [-0.1, -0.05) is 0 Å². The molecule has 0 radical (unpaired) electrons. The molecule has 106 heavy (non-hydrogen) atoms. The largest absolute Gasteiger partial charge is 0.480 e. The lowest BCUT2D eigenvalue weighted by atomic mass is 10.2. The summed E-state index contributed by atoms with van der Waals surface area (Å²) in [6, 6.07) is -8.37. The van der Waals surface area contributed by atoms with E-state index in [4.69, 9.17) is 153 Å². The summed E-state index contributed by atoms with van der Waals surface area (Å²) in [6.45, 7) is 1.93. The maximum Gasteiger partial charge on any atom is 0.321 e. The van der Waals surface area contributed by atoms with Crippen LogP contribution in [0.5, 0.6) is 0 Å². The van der Waals surface area contributed by atoms with E-state index < -0.39 is 120 Å². The van der Waals surface area contributed by atoms with Gasteiger partial charge in [-0.2, -0.15) is 25.3 Å². The molecule has 0 saturated heterocycles. The highest BCUT2D eigenvalue weighted by atomic mass is 32.1. The van der Waals surface area contributed by atoms with Crippen LogP contribution in [0.25, 0.3) is 0 Å². The Morgan fingerprint density at radius 2 is 0.462 bits per heavy atom. The molecule has 0 aliphatic rings. The van der Waals surface area contributed by atoms with E-state index in [-0.39, 0.29) is 61.0 Å². The van der Waals surface area contributed by atoms with Crippen molar-refractivity contribution >= 4 is 109 Å². The van der Waals surface area contributed by atoms with Crippen LogP contribution in [0.1, 0.15) is 74.1 Å². The van der Waals surface area contributed by atoms with Crippen molar-refractivity contribution in [3.8, 4) is 0 Å². The number of rotatable bonds is 36. The molecule has 0 aliphatic heterocycles. The number of carboxylic acid groups (broad SMARTS) is 10. The molecule has 0 aliphatic carbocycles. The smallest absolute Gasteiger partial charge is 0.321 e. The molecule has 50 nitrogen and oxygen atoms in total. The number of aromatic nitrogens is 8. The van der Waals surface area contributed by atoms with E-state index in [1.165, 1.54) is 25.3 Å². The van der Waals surface area contributed by atoms with Crippen molar-refractivity contribution in [3.05, 3.63) is 72.9 Å². The first-order valence-electron chi connectivity index (χ1n) is 30.6. The number of carboxylic acids is 10. The van der Waals surface area contributed by atoms with Crippen LogP contribution in [0.4, 0.5) is 0 Å². The lowest BCUT2D eigenvalue weighted by Crippen LogP contribution is -2.34. The second kappa shape index (κ2) is 65.9. The fourth-order valence-corrected chi connectivity index (χ4v) is 6.00. The monoisotopic (exact) mass is 1560 g/mol. The summed E-state index contributed by atoms with van der Waals surface area (Å²) in [5.41, 5.74) is 74.4. The van der Waals surface area contributed by atoms with Gasteiger partial charge in [-0.15, -0.1) is 0 Å². The number of aliphatic carboxylic acids is 10. The average molecular weight is 1560 g/mol. The van der Waals surface area contributed by atoms with E-state index >= 15 is 0 Å². The molecular formula is C54H106N30O20S2. The van der Waals surface area contributed by atoms with Crippen LogP contribution in [0.2, 0.25) is 0 Å². The van der Waals surface area contributed by atoms with Gasteiger partial charge in [-0.3, -0.25) is 69.6 Å². The van der Waals surface area contributed by atoms with Crippen molar-refractivity contribution in [1.29, 1.82) is 21.6 Å². The normalized spacial score (nSPS) is 12.6. The minimum atomic E-state index is -1.01. The van der Waals surface area contributed by atoms with Crippen molar-refractivity contribution in [2.45, 2.75) is 137 Å². The molecule has 52 heteroatoms. The number of hydrogen-bond donors (Lipinski definition) is 38. The SMILES string of the molecule is N=C(N)NCCC[C@H](N)C(=O)O.N=C(N)NCCC[C@H](N)C(=O)O.N=C(N)NCCC[C@H](N)C(=O)O.N=C(N)NCCC[C@H](N)C(=O)O.N[C@@H](CS)C(=O)O.N[C@@H](CS)C(=O)O.N[C@@H](Cc1c[nH]cn1)C(=O)O.N[C@@H](Cc1c[nH]cn1)C(=O)O.N[C@@H](Cc1c[nH]cn1)C(=O)O.N[C@@H](Cc1c[nH]cn1)C(=O)O. The van der Waals surface area contributed by atoms with Crippen molar-refractivity contribution in [2.75, 3.05) is 37.7 Å². The second-order valence-electron chi connectivity index (χ2n) is 20.8. The Balaban J connectivity index is -0.000000263. The number of aromatic amines is 4. The molecule has 0 amide bonds. The molecule has 0 unspecified atom stereocenters. The van der Waals surface area contributed by atoms with E-state index in [1.54, 1.807) is 24.8 Å². The standard InChI is InChI=1S/4C6H14N4O2.4C6H9N3O2.2C3H7NO2S/c4*7-4(5(11)12)2-1-3-10-6(8)9;4*7-5(6(10)11)1-4-2-8-3-9-4;2*4-2(1-7)3(5)6/h4*4H,1-3,7H2,(H,11,12)(H4,8,9,10);4*2-3,5H,1,7H2,(H,8,9)(H,10,11);2*2,7H,1,4H2,(H,5,6)/t4*4-;4*5-;2*2-/m0000000000/s1. The first-order valence-corrected chi connectivity index (χ1v) is 31.9. The number of nitrogens with two attached hydrogens (primary N) is 14. The van der Waals surface area contributed by atoms with E-state index in [2.05, 4.69) is 86.4 Å². The zero-order valence-electron chi connectivity index (χ0n) is 57.4.